The average Bonchev–Trinajstić information content (AvgIpc) is 2.44. The first-order chi connectivity index (χ1) is 9.84. The van der Waals surface area contributed by atoms with Gasteiger partial charge in [0.25, 0.3) is 0 Å². The molecule has 1 aromatic rings. The maximum atomic E-state index is 10.8. The van der Waals surface area contributed by atoms with Gasteiger partial charge in [-0.1, -0.05) is 44.5 Å². The molecule has 1 aliphatic rings. The standard InChI is InChI=1S/C18H28ClNO/c1-4-16(14-6-5-7-15(19)12-14)20-13-18(21)10-8-17(2,3)9-11-18/h5-7,12,16,20-21H,4,8-11,13H2,1-3H3. The summed E-state index contributed by atoms with van der Waals surface area (Å²) in [4.78, 5) is 0. The molecule has 0 amide bonds. The van der Waals surface area contributed by atoms with Crippen LogP contribution in [0.2, 0.25) is 5.02 Å². The molecule has 1 fully saturated rings. The molecule has 1 saturated carbocycles. The van der Waals surface area contributed by atoms with E-state index in [0.717, 1.165) is 37.1 Å². The summed E-state index contributed by atoms with van der Waals surface area (Å²) in [6, 6.07) is 8.24. The summed E-state index contributed by atoms with van der Waals surface area (Å²) in [5.41, 5.74) is 1.02. The maximum absolute atomic E-state index is 10.8. The SMILES string of the molecule is CCC(NCC1(O)CCC(C)(C)CC1)c1cccc(Cl)c1. The lowest BCUT2D eigenvalue weighted by Crippen LogP contribution is -2.45. The highest BCUT2D eigenvalue weighted by atomic mass is 35.5. The zero-order valence-electron chi connectivity index (χ0n) is 13.5. The molecule has 21 heavy (non-hydrogen) atoms. The van der Waals surface area contributed by atoms with Crippen LogP contribution < -0.4 is 5.32 Å². The van der Waals surface area contributed by atoms with Crippen molar-refractivity contribution in [3.05, 3.63) is 34.9 Å². The van der Waals surface area contributed by atoms with Gasteiger partial charge >= 0.3 is 0 Å². The zero-order valence-corrected chi connectivity index (χ0v) is 14.2. The van der Waals surface area contributed by atoms with E-state index in [2.05, 4.69) is 32.2 Å². The molecule has 2 nitrogen and oxygen atoms in total. The summed E-state index contributed by atoms with van der Waals surface area (Å²) in [7, 11) is 0. The van der Waals surface area contributed by atoms with E-state index in [1.165, 1.54) is 5.56 Å². The quantitative estimate of drug-likeness (QED) is 0.825. The van der Waals surface area contributed by atoms with Gasteiger partial charge in [-0.3, -0.25) is 0 Å². The van der Waals surface area contributed by atoms with Crippen molar-refractivity contribution >= 4 is 11.6 Å². The van der Waals surface area contributed by atoms with Gasteiger partial charge in [0, 0.05) is 17.6 Å². The summed E-state index contributed by atoms with van der Waals surface area (Å²) >= 11 is 6.08. The first kappa shape index (κ1) is 16.8. The summed E-state index contributed by atoms with van der Waals surface area (Å²) in [5, 5.41) is 15.1. The molecule has 0 saturated heterocycles. The molecule has 0 bridgehead atoms. The first-order valence-electron chi connectivity index (χ1n) is 8.05. The molecule has 1 aromatic carbocycles. The van der Waals surface area contributed by atoms with Crippen molar-refractivity contribution in [1.82, 2.24) is 5.32 Å². The second-order valence-electron chi connectivity index (χ2n) is 7.29. The van der Waals surface area contributed by atoms with Gasteiger partial charge in [0.15, 0.2) is 0 Å². The van der Waals surface area contributed by atoms with Gasteiger partial charge in [-0.25, -0.2) is 0 Å². The average molecular weight is 310 g/mol. The highest BCUT2D eigenvalue weighted by molar-refractivity contribution is 6.30. The first-order valence-corrected chi connectivity index (χ1v) is 8.43. The molecule has 0 aliphatic heterocycles. The van der Waals surface area contributed by atoms with E-state index < -0.39 is 5.60 Å². The number of aliphatic hydroxyl groups is 1. The van der Waals surface area contributed by atoms with E-state index in [1.54, 1.807) is 0 Å². The Kier molecular flexibility index (Phi) is 5.34. The van der Waals surface area contributed by atoms with Crippen molar-refractivity contribution < 1.29 is 5.11 Å². The van der Waals surface area contributed by atoms with E-state index in [9.17, 15) is 5.11 Å². The fourth-order valence-electron chi connectivity index (χ4n) is 3.10. The van der Waals surface area contributed by atoms with Crippen molar-refractivity contribution in [2.24, 2.45) is 5.41 Å². The Morgan fingerprint density at radius 1 is 1.24 bits per heavy atom. The van der Waals surface area contributed by atoms with Gasteiger partial charge in [0.2, 0.25) is 0 Å². The Morgan fingerprint density at radius 3 is 2.48 bits per heavy atom. The molecule has 2 N–H and O–H groups in total. The lowest BCUT2D eigenvalue weighted by Gasteiger charge is -2.41. The second kappa shape index (κ2) is 6.68. The molecular formula is C18H28ClNO. The Morgan fingerprint density at radius 2 is 1.90 bits per heavy atom. The normalized spacial score (nSPS) is 22.0. The van der Waals surface area contributed by atoms with Gasteiger partial charge in [0.05, 0.1) is 5.60 Å². The van der Waals surface area contributed by atoms with Gasteiger partial charge in [-0.2, -0.15) is 0 Å². The maximum Gasteiger partial charge on any atom is 0.0772 e. The van der Waals surface area contributed by atoms with Crippen LogP contribution in [0.5, 0.6) is 0 Å². The third kappa shape index (κ3) is 4.70. The molecule has 1 unspecified atom stereocenters. The second-order valence-corrected chi connectivity index (χ2v) is 7.72. The Labute approximate surface area is 133 Å². The molecule has 3 heteroatoms. The highest BCUT2D eigenvalue weighted by Crippen LogP contribution is 2.40. The number of hydrogen-bond donors (Lipinski definition) is 2. The molecule has 1 aliphatic carbocycles. The van der Waals surface area contributed by atoms with Crippen LogP contribution in [-0.2, 0) is 0 Å². The molecule has 0 aromatic heterocycles. The predicted octanol–water partition coefficient (Wildman–Crippen LogP) is 4.71. The minimum atomic E-state index is -0.554. The minimum absolute atomic E-state index is 0.252. The molecular weight excluding hydrogens is 282 g/mol. The van der Waals surface area contributed by atoms with Crippen molar-refractivity contribution in [2.45, 2.75) is 64.5 Å². The van der Waals surface area contributed by atoms with Crippen LogP contribution in [0.25, 0.3) is 0 Å². The third-order valence-corrected chi connectivity index (χ3v) is 5.11. The van der Waals surface area contributed by atoms with Crippen LogP contribution in [0.15, 0.2) is 24.3 Å². The van der Waals surface area contributed by atoms with E-state index in [4.69, 9.17) is 11.6 Å². The molecule has 0 spiro atoms. The van der Waals surface area contributed by atoms with Crippen LogP contribution in [0.3, 0.4) is 0 Å². The number of rotatable bonds is 5. The Hall–Kier alpha value is -0.570. The smallest absolute Gasteiger partial charge is 0.0772 e. The van der Waals surface area contributed by atoms with Crippen LogP contribution >= 0.6 is 11.6 Å². The van der Waals surface area contributed by atoms with Crippen molar-refractivity contribution in [3.8, 4) is 0 Å². The van der Waals surface area contributed by atoms with Crippen LogP contribution in [-0.4, -0.2) is 17.3 Å². The van der Waals surface area contributed by atoms with Crippen molar-refractivity contribution in [1.29, 1.82) is 0 Å². The van der Waals surface area contributed by atoms with Crippen LogP contribution in [0.1, 0.15) is 64.5 Å². The molecule has 1 atom stereocenters. The van der Waals surface area contributed by atoms with Gasteiger partial charge in [-0.15, -0.1) is 0 Å². The summed E-state index contributed by atoms with van der Waals surface area (Å²) < 4.78 is 0. The Balaban J connectivity index is 1.94. The molecule has 118 valence electrons. The summed E-state index contributed by atoms with van der Waals surface area (Å²) in [6.07, 6.45) is 4.96. The molecule has 2 rings (SSSR count). The number of benzene rings is 1. The predicted molar refractivity (Wildman–Crippen MR) is 89.7 cm³/mol. The lowest BCUT2D eigenvalue weighted by molar-refractivity contribution is -0.0262. The van der Waals surface area contributed by atoms with Crippen LogP contribution in [0, 0.1) is 5.41 Å². The minimum Gasteiger partial charge on any atom is -0.389 e. The van der Waals surface area contributed by atoms with Gasteiger partial charge in [0.1, 0.15) is 0 Å². The lowest BCUT2D eigenvalue weighted by atomic mass is 9.71. The summed E-state index contributed by atoms with van der Waals surface area (Å²) in [6.45, 7) is 7.41. The number of halogens is 1. The largest absolute Gasteiger partial charge is 0.389 e. The number of nitrogens with one attached hydrogen (secondary N) is 1. The highest BCUT2D eigenvalue weighted by Gasteiger charge is 2.36. The summed E-state index contributed by atoms with van der Waals surface area (Å²) in [5.74, 6) is 0. The van der Waals surface area contributed by atoms with Gasteiger partial charge < -0.3 is 10.4 Å². The van der Waals surface area contributed by atoms with Gasteiger partial charge in [-0.05, 0) is 55.2 Å². The number of hydrogen-bond acceptors (Lipinski definition) is 2. The third-order valence-electron chi connectivity index (χ3n) is 4.87. The topological polar surface area (TPSA) is 32.3 Å². The van der Waals surface area contributed by atoms with Crippen molar-refractivity contribution in [3.63, 3.8) is 0 Å². The van der Waals surface area contributed by atoms with E-state index in [1.807, 2.05) is 18.2 Å². The van der Waals surface area contributed by atoms with Crippen molar-refractivity contribution in [2.75, 3.05) is 6.54 Å². The van der Waals surface area contributed by atoms with Crippen LogP contribution in [0.4, 0.5) is 0 Å². The Bertz CT molecular complexity index is 462. The van der Waals surface area contributed by atoms with E-state index in [-0.39, 0.29) is 6.04 Å². The van der Waals surface area contributed by atoms with E-state index >= 15 is 0 Å². The monoisotopic (exact) mass is 309 g/mol. The van der Waals surface area contributed by atoms with E-state index in [0.29, 0.717) is 12.0 Å². The zero-order chi connectivity index (χ0) is 15.5. The fourth-order valence-corrected chi connectivity index (χ4v) is 3.30. The molecule has 0 heterocycles. The fraction of sp³-hybridized carbons (Fsp3) is 0.667. The molecule has 0 radical (unpaired) electrons.